The predicted octanol–water partition coefficient (Wildman–Crippen LogP) is 7.58. The number of amides is 1. The first kappa shape index (κ1) is 24.5. The van der Waals surface area contributed by atoms with Gasteiger partial charge in [-0.2, -0.15) is 0 Å². The Kier molecular flexibility index (Phi) is 7.51. The van der Waals surface area contributed by atoms with E-state index in [-0.39, 0.29) is 5.91 Å². The van der Waals surface area contributed by atoms with E-state index in [0.29, 0.717) is 12.4 Å². The Balaban J connectivity index is 1.70. The van der Waals surface area contributed by atoms with Gasteiger partial charge in [0.1, 0.15) is 17.1 Å². The molecule has 1 aromatic heterocycles. The first-order valence-electron chi connectivity index (χ1n) is 11.4. The van der Waals surface area contributed by atoms with Crippen molar-refractivity contribution in [2.45, 2.75) is 25.7 Å². The van der Waals surface area contributed by atoms with Crippen LogP contribution in [0.15, 0.2) is 76.2 Å². The zero-order chi connectivity index (χ0) is 24.9. The number of hydrogen-bond acceptors (Lipinski definition) is 5. The Bertz CT molecular complexity index is 1370. The number of methoxy groups -OCH3 is 1. The summed E-state index contributed by atoms with van der Waals surface area (Å²) in [7, 11) is 1.63. The van der Waals surface area contributed by atoms with Crippen molar-refractivity contribution in [2.75, 3.05) is 25.3 Å². The molecule has 1 heterocycles. The van der Waals surface area contributed by atoms with E-state index in [9.17, 15) is 4.79 Å². The molecule has 6 heteroatoms. The summed E-state index contributed by atoms with van der Waals surface area (Å²) in [6.45, 7) is 6.47. The summed E-state index contributed by atoms with van der Waals surface area (Å²) in [6, 6.07) is 17.8. The quantitative estimate of drug-likeness (QED) is 0.205. The minimum atomic E-state index is -0.196. The third-order valence-electron chi connectivity index (χ3n) is 5.85. The van der Waals surface area contributed by atoms with E-state index >= 15 is 0 Å². The monoisotopic (exact) mass is 487 g/mol. The fraction of sp³-hybridized carbons (Fsp3) is 0.207. The summed E-state index contributed by atoms with van der Waals surface area (Å²) in [4.78, 5) is 13.9. The van der Waals surface area contributed by atoms with Crippen LogP contribution in [-0.4, -0.2) is 25.9 Å². The Hall–Kier alpha value is -3.64. The van der Waals surface area contributed by atoms with Gasteiger partial charge in [-0.3, -0.25) is 4.79 Å². The van der Waals surface area contributed by atoms with Crippen molar-refractivity contribution in [3.63, 3.8) is 0 Å². The molecule has 0 fully saturated rings. The standard InChI is InChI=1S/C29H29NO4S/c1-6-33-22-11-7-20(8-12-22)26-17-34-29-19(3)28(32-4)24(16-25(26)29)18(2)15-27(31)30-21-9-13-23(35-5)14-10-21/h7-17H,6H2,1-5H3,(H,30,31)/b18-15+. The maximum absolute atomic E-state index is 12.8. The average molecular weight is 488 g/mol. The van der Waals surface area contributed by atoms with Gasteiger partial charge in [-0.05, 0) is 80.6 Å². The second-order valence-electron chi connectivity index (χ2n) is 8.11. The molecule has 1 amide bonds. The van der Waals surface area contributed by atoms with Crippen molar-refractivity contribution in [3.05, 3.63) is 78.1 Å². The Morgan fingerprint density at radius 1 is 1.11 bits per heavy atom. The highest BCUT2D eigenvalue weighted by Gasteiger charge is 2.19. The van der Waals surface area contributed by atoms with E-state index in [4.69, 9.17) is 13.9 Å². The number of carbonyl (C=O) groups is 1. The lowest BCUT2D eigenvalue weighted by atomic mass is 9.96. The maximum atomic E-state index is 12.8. The number of hydrogen-bond donors (Lipinski definition) is 1. The Morgan fingerprint density at radius 2 is 1.83 bits per heavy atom. The number of allylic oxidation sites excluding steroid dienone is 1. The lowest BCUT2D eigenvalue weighted by molar-refractivity contribution is -0.111. The molecule has 0 aliphatic carbocycles. The lowest BCUT2D eigenvalue weighted by Gasteiger charge is -2.13. The number of anilines is 1. The number of nitrogens with one attached hydrogen (secondary N) is 1. The highest BCUT2D eigenvalue weighted by molar-refractivity contribution is 7.98. The number of thioether (sulfide) groups is 1. The van der Waals surface area contributed by atoms with E-state index in [1.54, 1.807) is 31.2 Å². The third-order valence-corrected chi connectivity index (χ3v) is 6.60. The zero-order valence-corrected chi connectivity index (χ0v) is 21.4. The van der Waals surface area contributed by atoms with Gasteiger partial charge < -0.3 is 19.2 Å². The van der Waals surface area contributed by atoms with Crippen molar-refractivity contribution in [1.82, 2.24) is 0 Å². The summed E-state index contributed by atoms with van der Waals surface area (Å²) in [5, 5.41) is 3.90. The van der Waals surface area contributed by atoms with Gasteiger partial charge in [0.2, 0.25) is 5.91 Å². The molecule has 0 aliphatic heterocycles. The molecule has 180 valence electrons. The van der Waals surface area contributed by atoms with Gasteiger partial charge in [0.05, 0.1) is 20.0 Å². The fourth-order valence-electron chi connectivity index (χ4n) is 4.12. The molecule has 1 N–H and O–H groups in total. The maximum Gasteiger partial charge on any atom is 0.248 e. The topological polar surface area (TPSA) is 60.7 Å². The van der Waals surface area contributed by atoms with Crippen LogP contribution in [0.2, 0.25) is 0 Å². The Labute approximate surface area is 210 Å². The predicted molar refractivity (Wildman–Crippen MR) is 145 cm³/mol. The molecule has 0 bridgehead atoms. The van der Waals surface area contributed by atoms with Crippen LogP contribution in [0.4, 0.5) is 5.69 Å². The highest BCUT2D eigenvalue weighted by Crippen LogP contribution is 2.40. The van der Waals surface area contributed by atoms with Gasteiger partial charge in [0.15, 0.2) is 0 Å². The largest absolute Gasteiger partial charge is 0.496 e. The number of rotatable bonds is 8. The van der Waals surface area contributed by atoms with E-state index in [0.717, 1.165) is 55.1 Å². The third kappa shape index (κ3) is 5.23. The minimum absolute atomic E-state index is 0.196. The van der Waals surface area contributed by atoms with Crippen molar-refractivity contribution >= 4 is 39.9 Å². The molecule has 5 nitrogen and oxygen atoms in total. The van der Waals surface area contributed by atoms with Crippen LogP contribution in [0, 0.1) is 6.92 Å². The molecule has 0 spiro atoms. The second kappa shape index (κ2) is 10.7. The first-order valence-corrected chi connectivity index (χ1v) is 12.6. The number of furan rings is 1. The molecule has 3 aromatic carbocycles. The molecule has 0 aliphatic rings. The van der Waals surface area contributed by atoms with E-state index < -0.39 is 0 Å². The van der Waals surface area contributed by atoms with Crippen molar-refractivity contribution < 1.29 is 18.7 Å². The summed E-state index contributed by atoms with van der Waals surface area (Å²) in [6.07, 6.45) is 5.38. The molecule has 4 aromatic rings. The number of ether oxygens (including phenoxy) is 2. The molecular formula is C29H29NO4S. The number of aryl methyl sites for hydroxylation is 1. The summed E-state index contributed by atoms with van der Waals surface area (Å²) < 4.78 is 17.3. The van der Waals surface area contributed by atoms with Crippen LogP contribution in [-0.2, 0) is 4.79 Å². The highest BCUT2D eigenvalue weighted by atomic mass is 32.2. The minimum Gasteiger partial charge on any atom is -0.496 e. The summed E-state index contributed by atoms with van der Waals surface area (Å²) in [5.74, 6) is 1.32. The number of fused-ring (bicyclic) bond motifs is 1. The van der Waals surface area contributed by atoms with Gasteiger partial charge in [0, 0.05) is 38.7 Å². The zero-order valence-electron chi connectivity index (χ0n) is 20.6. The van der Waals surface area contributed by atoms with Crippen LogP contribution >= 0.6 is 11.8 Å². The SMILES string of the molecule is CCOc1ccc(-c2coc3c(C)c(OC)c(/C(C)=C/C(=O)Nc4ccc(SC)cc4)cc23)cc1. The summed E-state index contributed by atoms with van der Waals surface area (Å²) >= 11 is 1.66. The average Bonchev–Trinajstić information content (AvgIpc) is 3.29. The van der Waals surface area contributed by atoms with Crippen molar-refractivity contribution in [1.29, 1.82) is 0 Å². The van der Waals surface area contributed by atoms with Gasteiger partial charge in [-0.1, -0.05) is 12.1 Å². The molecular weight excluding hydrogens is 458 g/mol. The molecule has 4 rings (SSSR count). The molecule has 0 saturated carbocycles. The van der Waals surface area contributed by atoms with Crippen LogP contribution in [0.1, 0.15) is 25.0 Å². The second-order valence-corrected chi connectivity index (χ2v) is 8.99. The fourth-order valence-corrected chi connectivity index (χ4v) is 4.53. The smallest absolute Gasteiger partial charge is 0.248 e. The van der Waals surface area contributed by atoms with Crippen LogP contribution < -0.4 is 14.8 Å². The molecule has 0 atom stereocenters. The first-order chi connectivity index (χ1) is 16.9. The number of carbonyl (C=O) groups excluding carboxylic acids is 1. The summed E-state index contributed by atoms with van der Waals surface area (Å²) in [5.41, 5.74) is 6.04. The molecule has 0 saturated heterocycles. The number of benzene rings is 3. The van der Waals surface area contributed by atoms with E-state index in [1.807, 2.05) is 81.6 Å². The van der Waals surface area contributed by atoms with E-state index in [2.05, 4.69) is 5.32 Å². The van der Waals surface area contributed by atoms with Gasteiger partial charge in [0.25, 0.3) is 0 Å². The van der Waals surface area contributed by atoms with Crippen molar-refractivity contribution in [2.24, 2.45) is 0 Å². The van der Waals surface area contributed by atoms with E-state index in [1.165, 1.54) is 0 Å². The Morgan fingerprint density at radius 3 is 2.46 bits per heavy atom. The van der Waals surface area contributed by atoms with Crippen molar-refractivity contribution in [3.8, 4) is 22.6 Å². The van der Waals surface area contributed by atoms with Gasteiger partial charge in [-0.25, -0.2) is 0 Å². The van der Waals surface area contributed by atoms with Gasteiger partial charge in [-0.15, -0.1) is 11.8 Å². The van der Waals surface area contributed by atoms with Gasteiger partial charge >= 0.3 is 0 Å². The van der Waals surface area contributed by atoms with Crippen LogP contribution in [0.3, 0.4) is 0 Å². The molecule has 0 unspecified atom stereocenters. The lowest BCUT2D eigenvalue weighted by Crippen LogP contribution is -2.08. The van der Waals surface area contributed by atoms with Crippen LogP contribution in [0.25, 0.3) is 27.7 Å². The van der Waals surface area contributed by atoms with Crippen LogP contribution in [0.5, 0.6) is 11.5 Å². The molecule has 0 radical (unpaired) electrons. The normalized spacial score (nSPS) is 11.5. The molecule has 35 heavy (non-hydrogen) atoms.